The lowest BCUT2D eigenvalue weighted by Gasteiger charge is -2.20. The van der Waals surface area contributed by atoms with E-state index in [-0.39, 0.29) is 30.3 Å². The third-order valence-corrected chi connectivity index (χ3v) is 4.31. The van der Waals surface area contributed by atoms with Crippen LogP contribution in [0.3, 0.4) is 0 Å². The number of nitrogens with zero attached hydrogens (tertiary/aromatic N) is 5. The lowest BCUT2D eigenvalue weighted by Crippen LogP contribution is -2.34. The number of thioether (sulfide) groups is 1. The third kappa shape index (κ3) is 5.33. The molecule has 1 amide bonds. The summed E-state index contributed by atoms with van der Waals surface area (Å²) in [4.78, 5) is 18.1. The molecule has 0 spiro atoms. The molecule has 1 aromatic carbocycles. The first-order valence-electron chi connectivity index (χ1n) is 7.59. The number of hydrogen-bond donors (Lipinski definition) is 0. The van der Waals surface area contributed by atoms with Gasteiger partial charge in [-0.1, -0.05) is 17.8 Å². The van der Waals surface area contributed by atoms with Gasteiger partial charge in [0.1, 0.15) is 5.82 Å². The van der Waals surface area contributed by atoms with E-state index >= 15 is 0 Å². The summed E-state index contributed by atoms with van der Waals surface area (Å²) in [5.74, 6) is -0.384. The number of carbonyl (C=O) groups excluding carboxylic acids is 1. The minimum absolute atomic E-state index is 0.128. The van der Waals surface area contributed by atoms with Crippen molar-refractivity contribution in [1.82, 2.24) is 14.5 Å². The Balaban J connectivity index is 2.03. The number of rotatable bonds is 8. The molecule has 0 unspecified atom stereocenters. The van der Waals surface area contributed by atoms with Crippen LogP contribution in [0.25, 0.3) is 5.69 Å². The van der Waals surface area contributed by atoms with E-state index in [0.717, 1.165) is 0 Å². The van der Waals surface area contributed by atoms with Crippen LogP contribution in [-0.4, -0.2) is 39.2 Å². The highest BCUT2D eigenvalue weighted by atomic mass is 32.2. The molecule has 25 heavy (non-hydrogen) atoms. The highest BCUT2D eigenvalue weighted by Crippen LogP contribution is 2.21. The number of carbonyl (C=O) groups is 1. The highest BCUT2D eigenvalue weighted by molar-refractivity contribution is 7.99. The molecular formula is C17H16FN5OS. The van der Waals surface area contributed by atoms with E-state index in [0.29, 0.717) is 23.9 Å². The number of aromatic nitrogens is 2. The molecule has 0 atom stereocenters. The van der Waals surface area contributed by atoms with Gasteiger partial charge in [0, 0.05) is 25.5 Å². The first-order valence-corrected chi connectivity index (χ1v) is 8.58. The zero-order valence-electron chi connectivity index (χ0n) is 13.4. The Morgan fingerprint density at radius 3 is 2.64 bits per heavy atom. The van der Waals surface area contributed by atoms with Crippen LogP contribution in [0.4, 0.5) is 4.39 Å². The SMILES string of the molecule is N#CCCN(CCC#N)C(=O)CSc1nccn1-c1cccc(F)c1. The van der Waals surface area contributed by atoms with Gasteiger partial charge in [0.2, 0.25) is 5.91 Å². The van der Waals surface area contributed by atoms with Crippen molar-refractivity contribution in [3.63, 3.8) is 0 Å². The fourth-order valence-corrected chi connectivity index (χ4v) is 3.04. The van der Waals surface area contributed by atoms with Crippen LogP contribution in [0.5, 0.6) is 0 Å². The first-order chi connectivity index (χ1) is 12.2. The van der Waals surface area contributed by atoms with Crippen LogP contribution in [0.2, 0.25) is 0 Å². The van der Waals surface area contributed by atoms with E-state index in [1.807, 2.05) is 12.1 Å². The number of hydrogen-bond acceptors (Lipinski definition) is 5. The molecule has 1 aromatic heterocycles. The molecule has 2 rings (SSSR count). The van der Waals surface area contributed by atoms with Crippen molar-refractivity contribution in [2.75, 3.05) is 18.8 Å². The molecule has 0 aliphatic rings. The molecule has 128 valence electrons. The van der Waals surface area contributed by atoms with Crippen molar-refractivity contribution in [2.24, 2.45) is 0 Å². The molecule has 2 aromatic rings. The Hall–Kier alpha value is -2.84. The maximum Gasteiger partial charge on any atom is 0.233 e. The second kappa shape index (κ2) is 9.45. The fourth-order valence-electron chi connectivity index (χ4n) is 2.17. The molecule has 0 N–H and O–H groups in total. The van der Waals surface area contributed by atoms with E-state index in [4.69, 9.17) is 10.5 Å². The quantitative estimate of drug-likeness (QED) is 0.678. The molecule has 0 saturated carbocycles. The standard InChI is InChI=1S/C17H16FN5OS/c18-14-4-1-5-15(12-14)23-11-8-21-17(23)25-13-16(24)22(9-2-6-19)10-3-7-20/h1,4-5,8,11-12H,2-3,9-10,13H2. The molecule has 6 nitrogen and oxygen atoms in total. The van der Waals surface area contributed by atoms with Crippen LogP contribution in [0.15, 0.2) is 41.8 Å². The van der Waals surface area contributed by atoms with E-state index in [9.17, 15) is 9.18 Å². The number of nitriles is 2. The third-order valence-electron chi connectivity index (χ3n) is 3.36. The van der Waals surface area contributed by atoms with Crippen molar-refractivity contribution in [3.8, 4) is 17.8 Å². The van der Waals surface area contributed by atoms with Crippen molar-refractivity contribution in [2.45, 2.75) is 18.0 Å². The van der Waals surface area contributed by atoms with Gasteiger partial charge < -0.3 is 4.90 Å². The predicted octanol–water partition coefficient (Wildman–Crippen LogP) is 2.76. The average Bonchev–Trinajstić information content (AvgIpc) is 3.08. The molecule has 0 aliphatic carbocycles. The monoisotopic (exact) mass is 357 g/mol. The van der Waals surface area contributed by atoms with E-state index in [1.165, 1.54) is 28.8 Å². The molecule has 8 heteroatoms. The Bertz CT molecular complexity index is 790. The van der Waals surface area contributed by atoms with Gasteiger partial charge in [-0.2, -0.15) is 10.5 Å². The van der Waals surface area contributed by atoms with Crippen molar-refractivity contribution in [3.05, 3.63) is 42.5 Å². The van der Waals surface area contributed by atoms with Crippen LogP contribution in [0, 0.1) is 28.5 Å². The van der Waals surface area contributed by atoms with Crippen molar-refractivity contribution >= 4 is 17.7 Å². The lowest BCUT2D eigenvalue weighted by molar-refractivity contribution is -0.128. The summed E-state index contributed by atoms with van der Waals surface area (Å²) in [6.07, 6.45) is 3.73. The first kappa shape index (κ1) is 18.5. The number of benzene rings is 1. The van der Waals surface area contributed by atoms with Crippen LogP contribution >= 0.6 is 11.8 Å². The molecular weight excluding hydrogens is 341 g/mol. The number of halogens is 1. The molecule has 0 bridgehead atoms. The predicted molar refractivity (Wildman–Crippen MR) is 91.3 cm³/mol. The summed E-state index contributed by atoms with van der Waals surface area (Å²) in [7, 11) is 0. The van der Waals surface area contributed by atoms with Gasteiger partial charge in [0.15, 0.2) is 5.16 Å². The zero-order chi connectivity index (χ0) is 18.1. The average molecular weight is 357 g/mol. The van der Waals surface area contributed by atoms with E-state index in [2.05, 4.69) is 4.98 Å². The Morgan fingerprint density at radius 2 is 2.00 bits per heavy atom. The van der Waals surface area contributed by atoms with Crippen LogP contribution in [-0.2, 0) is 4.79 Å². The summed E-state index contributed by atoms with van der Waals surface area (Å²) in [5.41, 5.74) is 0.623. The zero-order valence-corrected chi connectivity index (χ0v) is 14.2. The largest absolute Gasteiger partial charge is 0.340 e. The second-order valence-electron chi connectivity index (χ2n) is 5.05. The van der Waals surface area contributed by atoms with Crippen LogP contribution in [0.1, 0.15) is 12.8 Å². The van der Waals surface area contributed by atoms with Crippen molar-refractivity contribution < 1.29 is 9.18 Å². The molecule has 1 heterocycles. The summed E-state index contributed by atoms with van der Waals surface area (Å²) in [5, 5.41) is 17.9. The number of imidazole rings is 1. The smallest absolute Gasteiger partial charge is 0.233 e. The maximum absolute atomic E-state index is 13.4. The minimum Gasteiger partial charge on any atom is -0.340 e. The molecule has 0 aliphatic heterocycles. The number of amides is 1. The Kier molecular flexibility index (Phi) is 7.00. The maximum atomic E-state index is 13.4. The van der Waals surface area contributed by atoms with Gasteiger partial charge in [-0.15, -0.1) is 0 Å². The lowest BCUT2D eigenvalue weighted by atomic mass is 10.3. The minimum atomic E-state index is -0.350. The van der Waals surface area contributed by atoms with E-state index < -0.39 is 0 Å². The van der Waals surface area contributed by atoms with Gasteiger partial charge >= 0.3 is 0 Å². The summed E-state index contributed by atoms with van der Waals surface area (Å²) in [6.45, 7) is 0.603. The summed E-state index contributed by atoms with van der Waals surface area (Å²) >= 11 is 1.23. The van der Waals surface area contributed by atoms with E-state index in [1.54, 1.807) is 29.1 Å². The van der Waals surface area contributed by atoms with Gasteiger partial charge in [0.05, 0.1) is 36.4 Å². The van der Waals surface area contributed by atoms with Gasteiger partial charge in [-0.05, 0) is 18.2 Å². The van der Waals surface area contributed by atoms with Gasteiger partial charge in [-0.25, -0.2) is 9.37 Å². The molecule has 0 saturated heterocycles. The van der Waals surface area contributed by atoms with Gasteiger partial charge in [0.25, 0.3) is 0 Å². The fraction of sp³-hybridized carbons (Fsp3) is 0.294. The normalized spacial score (nSPS) is 10.0. The van der Waals surface area contributed by atoms with Gasteiger partial charge in [-0.3, -0.25) is 9.36 Å². The molecule has 0 radical (unpaired) electrons. The summed E-state index contributed by atoms with van der Waals surface area (Å²) in [6, 6.07) is 10.1. The second-order valence-corrected chi connectivity index (χ2v) is 5.99. The Morgan fingerprint density at radius 1 is 1.28 bits per heavy atom. The highest BCUT2D eigenvalue weighted by Gasteiger charge is 2.15. The van der Waals surface area contributed by atoms with Crippen LogP contribution < -0.4 is 0 Å². The molecule has 0 fully saturated rings. The summed E-state index contributed by atoms with van der Waals surface area (Å²) < 4.78 is 15.1. The van der Waals surface area contributed by atoms with Crippen molar-refractivity contribution in [1.29, 1.82) is 10.5 Å². The topological polar surface area (TPSA) is 85.7 Å². The Labute approximate surface area is 149 Å².